The molecule has 5 heteroatoms. The van der Waals surface area contributed by atoms with Crippen LogP contribution in [-0.2, 0) is 4.74 Å². The van der Waals surface area contributed by atoms with Gasteiger partial charge >= 0.3 is 0 Å². The first-order valence-corrected chi connectivity index (χ1v) is 6.04. The molecule has 2 rings (SSSR count). The van der Waals surface area contributed by atoms with Crippen molar-refractivity contribution in [1.29, 1.82) is 0 Å². The molecule has 17 heavy (non-hydrogen) atoms. The second kappa shape index (κ2) is 5.31. The minimum absolute atomic E-state index is 0.548. The predicted molar refractivity (Wildman–Crippen MR) is 68.0 cm³/mol. The van der Waals surface area contributed by atoms with Crippen molar-refractivity contribution in [2.75, 3.05) is 37.4 Å². The molecule has 1 aromatic heterocycles. The van der Waals surface area contributed by atoms with Crippen LogP contribution in [0, 0.1) is 12.8 Å². The summed E-state index contributed by atoms with van der Waals surface area (Å²) in [6, 6.07) is 1.85. The third-order valence-corrected chi connectivity index (χ3v) is 3.19. The molecule has 94 valence electrons. The number of piperidine rings is 1. The molecule has 0 radical (unpaired) electrons. The summed E-state index contributed by atoms with van der Waals surface area (Å²) in [5.74, 6) is 2.91. The summed E-state index contributed by atoms with van der Waals surface area (Å²) < 4.78 is 5.20. The average Bonchev–Trinajstić information content (AvgIpc) is 2.29. The van der Waals surface area contributed by atoms with Crippen LogP contribution in [0.15, 0.2) is 6.07 Å². The summed E-state index contributed by atoms with van der Waals surface area (Å²) in [4.78, 5) is 10.8. The molecule has 5 nitrogen and oxygen atoms in total. The van der Waals surface area contributed by atoms with Gasteiger partial charge in [0.2, 0.25) is 0 Å². The fraction of sp³-hybridized carbons (Fsp3) is 0.667. The van der Waals surface area contributed by atoms with Gasteiger partial charge in [0.15, 0.2) is 0 Å². The second-order valence-corrected chi connectivity index (χ2v) is 4.58. The maximum Gasteiger partial charge on any atom is 0.134 e. The molecule has 0 bridgehead atoms. The quantitative estimate of drug-likeness (QED) is 0.855. The average molecular weight is 236 g/mol. The van der Waals surface area contributed by atoms with Crippen LogP contribution in [0.25, 0.3) is 0 Å². The van der Waals surface area contributed by atoms with E-state index in [-0.39, 0.29) is 0 Å². The van der Waals surface area contributed by atoms with E-state index in [1.165, 1.54) is 0 Å². The molecule has 0 aromatic carbocycles. The molecular formula is C12H20N4O. The topological polar surface area (TPSA) is 64.3 Å². The molecule has 1 saturated heterocycles. The lowest BCUT2D eigenvalue weighted by atomic mass is 9.98. The van der Waals surface area contributed by atoms with Crippen molar-refractivity contribution in [1.82, 2.24) is 9.97 Å². The first-order chi connectivity index (χ1) is 8.19. The summed E-state index contributed by atoms with van der Waals surface area (Å²) in [6.07, 6.45) is 2.30. The van der Waals surface area contributed by atoms with Crippen molar-refractivity contribution in [3.8, 4) is 0 Å². The molecule has 0 spiro atoms. The number of hydrogen-bond donors (Lipinski definition) is 1. The second-order valence-electron chi connectivity index (χ2n) is 4.58. The number of aromatic nitrogens is 2. The van der Waals surface area contributed by atoms with Crippen LogP contribution < -0.4 is 10.6 Å². The number of ether oxygens (including phenoxy) is 1. The molecule has 1 fully saturated rings. The van der Waals surface area contributed by atoms with Crippen molar-refractivity contribution in [3.63, 3.8) is 0 Å². The van der Waals surface area contributed by atoms with Gasteiger partial charge in [0, 0.05) is 32.9 Å². The Hall–Kier alpha value is -1.36. The minimum atomic E-state index is 0.548. The molecule has 0 saturated carbocycles. The summed E-state index contributed by atoms with van der Waals surface area (Å²) >= 11 is 0. The number of methoxy groups -OCH3 is 1. The Bertz CT molecular complexity index is 355. The lowest BCUT2D eigenvalue weighted by Crippen LogP contribution is -2.35. The van der Waals surface area contributed by atoms with Crippen LogP contribution in [0.3, 0.4) is 0 Å². The normalized spacial score (nSPS) is 17.4. The third kappa shape index (κ3) is 3.06. The van der Waals surface area contributed by atoms with E-state index < -0.39 is 0 Å². The number of hydrogen-bond acceptors (Lipinski definition) is 5. The zero-order valence-corrected chi connectivity index (χ0v) is 10.5. The molecule has 0 aliphatic carbocycles. The van der Waals surface area contributed by atoms with Gasteiger partial charge in [-0.1, -0.05) is 0 Å². The van der Waals surface area contributed by atoms with Crippen LogP contribution in [0.1, 0.15) is 18.7 Å². The van der Waals surface area contributed by atoms with Gasteiger partial charge in [-0.2, -0.15) is 0 Å². The molecule has 2 heterocycles. The van der Waals surface area contributed by atoms with Gasteiger partial charge in [-0.15, -0.1) is 0 Å². The molecule has 0 atom stereocenters. The van der Waals surface area contributed by atoms with Crippen LogP contribution in [0.4, 0.5) is 11.6 Å². The first-order valence-electron chi connectivity index (χ1n) is 6.04. The van der Waals surface area contributed by atoms with Crippen molar-refractivity contribution >= 4 is 11.6 Å². The highest BCUT2D eigenvalue weighted by atomic mass is 16.5. The SMILES string of the molecule is COCC1CCN(c2cc(N)nc(C)n2)CC1. The van der Waals surface area contributed by atoms with Crippen LogP contribution >= 0.6 is 0 Å². The molecule has 1 aliphatic rings. The molecule has 0 amide bonds. The van der Waals surface area contributed by atoms with Crippen LogP contribution in [-0.4, -0.2) is 36.8 Å². The molecular weight excluding hydrogens is 216 g/mol. The van der Waals surface area contributed by atoms with E-state index in [0.29, 0.717) is 11.7 Å². The van der Waals surface area contributed by atoms with E-state index >= 15 is 0 Å². The Morgan fingerprint density at radius 2 is 2.12 bits per heavy atom. The maximum atomic E-state index is 5.74. The lowest BCUT2D eigenvalue weighted by molar-refractivity contribution is 0.139. The Labute approximate surface area is 102 Å². The van der Waals surface area contributed by atoms with Crippen molar-refractivity contribution in [3.05, 3.63) is 11.9 Å². The van der Waals surface area contributed by atoms with Gasteiger partial charge in [0.05, 0.1) is 0 Å². The highest BCUT2D eigenvalue weighted by Gasteiger charge is 2.20. The predicted octanol–water partition coefficient (Wildman–Crippen LogP) is 1.23. The van der Waals surface area contributed by atoms with Gasteiger partial charge in [-0.25, -0.2) is 9.97 Å². The van der Waals surface area contributed by atoms with E-state index in [9.17, 15) is 0 Å². The fourth-order valence-electron chi connectivity index (χ4n) is 2.30. The number of nitrogen functional groups attached to an aromatic ring is 1. The summed E-state index contributed by atoms with van der Waals surface area (Å²) in [7, 11) is 1.76. The molecule has 0 unspecified atom stereocenters. The van der Waals surface area contributed by atoms with Gasteiger partial charge in [0.25, 0.3) is 0 Å². The van der Waals surface area contributed by atoms with Gasteiger partial charge < -0.3 is 15.4 Å². The monoisotopic (exact) mass is 236 g/mol. The van der Waals surface area contributed by atoms with E-state index in [1.807, 2.05) is 13.0 Å². The third-order valence-electron chi connectivity index (χ3n) is 3.19. The summed E-state index contributed by atoms with van der Waals surface area (Å²) in [5.41, 5.74) is 5.74. The first kappa shape index (κ1) is 12.1. The van der Waals surface area contributed by atoms with Crippen molar-refractivity contribution < 1.29 is 4.74 Å². The highest BCUT2D eigenvalue weighted by molar-refractivity contribution is 5.47. The minimum Gasteiger partial charge on any atom is -0.384 e. The van der Waals surface area contributed by atoms with E-state index in [0.717, 1.165) is 44.2 Å². The zero-order chi connectivity index (χ0) is 12.3. The molecule has 1 aromatic rings. The van der Waals surface area contributed by atoms with Crippen molar-refractivity contribution in [2.24, 2.45) is 5.92 Å². The smallest absolute Gasteiger partial charge is 0.134 e. The molecule has 1 aliphatic heterocycles. The lowest BCUT2D eigenvalue weighted by Gasteiger charge is -2.32. The van der Waals surface area contributed by atoms with Gasteiger partial charge in [-0.3, -0.25) is 0 Å². The number of nitrogens with zero attached hydrogens (tertiary/aromatic N) is 3. The van der Waals surface area contributed by atoms with Gasteiger partial charge in [0.1, 0.15) is 17.5 Å². The fourth-order valence-corrected chi connectivity index (χ4v) is 2.30. The van der Waals surface area contributed by atoms with E-state index in [2.05, 4.69) is 14.9 Å². The number of anilines is 2. The molecule has 2 N–H and O–H groups in total. The Kier molecular flexibility index (Phi) is 3.78. The Balaban J connectivity index is 2.00. The van der Waals surface area contributed by atoms with E-state index in [4.69, 9.17) is 10.5 Å². The summed E-state index contributed by atoms with van der Waals surface area (Å²) in [5, 5.41) is 0. The van der Waals surface area contributed by atoms with Crippen LogP contribution in [0.5, 0.6) is 0 Å². The number of nitrogens with two attached hydrogens (primary N) is 1. The van der Waals surface area contributed by atoms with Gasteiger partial charge in [-0.05, 0) is 25.7 Å². The van der Waals surface area contributed by atoms with Crippen molar-refractivity contribution in [2.45, 2.75) is 19.8 Å². The number of rotatable bonds is 3. The maximum absolute atomic E-state index is 5.74. The van der Waals surface area contributed by atoms with Crippen LogP contribution in [0.2, 0.25) is 0 Å². The Morgan fingerprint density at radius 3 is 2.71 bits per heavy atom. The van der Waals surface area contributed by atoms with E-state index in [1.54, 1.807) is 7.11 Å². The summed E-state index contributed by atoms with van der Waals surface area (Å²) in [6.45, 7) is 4.77. The largest absolute Gasteiger partial charge is 0.384 e. The standard InChI is InChI=1S/C12H20N4O/c1-9-14-11(13)7-12(15-9)16-5-3-10(4-6-16)8-17-2/h7,10H,3-6,8H2,1-2H3,(H2,13,14,15). The Morgan fingerprint density at radius 1 is 1.41 bits per heavy atom. The highest BCUT2D eigenvalue weighted by Crippen LogP contribution is 2.22. The zero-order valence-electron chi connectivity index (χ0n) is 10.5. The number of aryl methyl sites for hydroxylation is 1.